The number of hydrogen-bond acceptors (Lipinski definition) is 6. The number of carbonyl (C=O) groups is 1. The van der Waals surface area contributed by atoms with Crippen LogP contribution in [0.1, 0.15) is 13.3 Å². The Morgan fingerprint density at radius 3 is 2.81 bits per heavy atom. The summed E-state index contributed by atoms with van der Waals surface area (Å²) in [5, 5.41) is 1.23. The van der Waals surface area contributed by atoms with Gasteiger partial charge in [-0.3, -0.25) is 9.69 Å². The zero-order chi connectivity index (χ0) is 14.7. The molecule has 0 N–H and O–H groups in total. The number of fused-ring (bicyclic) bond motifs is 1. The van der Waals surface area contributed by atoms with E-state index < -0.39 is 0 Å². The lowest BCUT2D eigenvalue weighted by molar-refractivity contribution is -0.148. The number of hydrogen-bond donors (Lipinski definition) is 0. The van der Waals surface area contributed by atoms with Crippen molar-refractivity contribution in [1.82, 2.24) is 9.27 Å². The summed E-state index contributed by atoms with van der Waals surface area (Å²) < 4.78 is 11.0. The minimum Gasteiger partial charge on any atom is -0.449 e. The zero-order valence-corrected chi connectivity index (χ0v) is 12.9. The van der Waals surface area contributed by atoms with Crippen LogP contribution in [0.5, 0.6) is 0 Å². The number of rotatable bonds is 4. The van der Waals surface area contributed by atoms with Crippen LogP contribution in [-0.2, 0) is 9.53 Å². The van der Waals surface area contributed by atoms with Crippen molar-refractivity contribution in [2.24, 2.45) is 0 Å². The Morgan fingerprint density at radius 1 is 1.29 bits per heavy atom. The second-order valence-corrected chi connectivity index (χ2v) is 5.91. The number of benzene rings is 1. The average Bonchev–Trinajstić information content (AvgIpc) is 2.97. The Balaban J connectivity index is 1.59. The van der Waals surface area contributed by atoms with Gasteiger partial charge in [0.1, 0.15) is 12.5 Å². The van der Waals surface area contributed by atoms with Crippen molar-refractivity contribution in [3.05, 3.63) is 24.3 Å². The van der Waals surface area contributed by atoms with Gasteiger partial charge in [0.05, 0.1) is 4.70 Å². The topological polar surface area (TPSA) is 45.7 Å². The molecule has 2 heterocycles. The third-order valence-electron chi connectivity index (χ3n) is 3.73. The Hall–Kier alpha value is -1.66. The maximum absolute atomic E-state index is 11.2. The van der Waals surface area contributed by atoms with E-state index in [1.54, 1.807) is 11.5 Å². The molecule has 112 valence electrons. The van der Waals surface area contributed by atoms with Gasteiger partial charge >= 0.3 is 5.97 Å². The fraction of sp³-hybridized carbons (Fsp3) is 0.467. The van der Waals surface area contributed by atoms with Crippen LogP contribution in [0, 0.1) is 0 Å². The van der Waals surface area contributed by atoms with Gasteiger partial charge in [0.15, 0.2) is 0 Å². The number of anilines is 1. The fourth-order valence-electron chi connectivity index (χ4n) is 2.45. The van der Waals surface area contributed by atoms with Crippen LogP contribution in [-0.4, -0.2) is 48.2 Å². The molecule has 0 spiro atoms. The number of carbonyl (C=O) groups excluding carboxylic acids is 1. The highest BCUT2D eigenvalue weighted by Crippen LogP contribution is 2.29. The number of piperazine rings is 1. The van der Waals surface area contributed by atoms with E-state index in [-0.39, 0.29) is 5.97 Å². The summed E-state index contributed by atoms with van der Waals surface area (Å²) in [6.45, 7) is 5.83. The predicted octanol–water partition coefficient (Wildman–Crippen LogP) is 2.33. The lowest BCUT2D eigenvalue weighted by atomic mass is 10.2. The van der Waals surface area contributed by atoms with Crippen LogP contribution < -0.4 is 4.90 Å². The van der Waals surface area contributed by atoms with Crippen molar-refractivity contribution in [3.8, 4) is 0 Å². The van der Waals surface area contributed by atoms with Crippen molar-refractivity contribution in [1.29, 1.82) is 0 Å². The van der Waals surface area contributed by atoms with E-state index in [2.05, 4.69) is 32.4 Å². The van der Waals surface area contributed by atoms with Crippen molar-refractivity contribution < 1.29 is 9.53 Å². The molecule has 1 aromatic heterocycles. The van der Waals surface area contributed by atoms with Crippen molar-refractivity contribution in [2.75, 3.05) is 37.8 Å². The van der Waals surface area contributed by atoms with Gasteiger partial charge in [0, 0.05) is 38.0 Å². The minimum atomic E-state index is -0.136. The third-order valence-corrected chi connectivity index (χ3v) is 4.54. The summed E-state index contributed by atoms with van der Waals surface area (Å²) in [5.41, 5.74) is 0. The van der Waals surface area contributed by atoms with Crippen LogP contribution in [0.25, 0.3) is 10.1 Å². The molecule has 1 aromatic carbocycles. The quantitative estimate of drug-likeness (QED) is 0.811. The van der Waals surface area contributed by atoms with E-state index in [9.17, 15) is 4.79 Å². The molecular formula is C15H19N3O2S. The van der Waals surface area contributed by atoms with E-state index in [0.29, 0.717) is 13.2 Å². The zero-order valence-electron chi connectivity index (χ0n) is 12.1. The van der Waals surface area contributed by atoms with Crippen molar-refractivity contribution in [3.63, 3.8) is 0 Å². The molecule has 0 unspecified atom stereocenters. The first-order chi connectivity index (χ1) is 10.3. The Bertz CT molecular complexity index is 620. The first-order valence-electron chi connectivity index (χ1n) is 7.25. The highest BCUT2D eigenvalue weighted by Gasteiger charge is 2.21. The predicted molar refractivity (Wildman–Crippen MR) is 84.7 cm³/mol. The molecule has 3 rings (SSSR count). The largest absolute Gasteiger partial charge is 0.449 e. The minimum absolute atomic E-state index is 0.136. The van der Waals surface area contributed by atoms with Crippen LogP contribution in [0.2, 0.25) is 0 Å². The fourth-order valence-corrected chi connectivity index (χ4v) is 3.25. The molecule has 0 atom stereocenters. The van der Waals surface area contributed by atoms with Crippen LogP contribution in [0.4, 0.5) is 5.82 Å². The van der Waals surface area contributed by atoms with Crippen LogP contribution in [0.3, 0.4) is 0 Å². The number of esters is 1. The highest BCUT2D eigenvalue weighted by atomic mass is 32.1. The van der Waals surface area contributed by atoms with E-state index in [4.69, 9.17) is 4.74 Å². The van der Waals surface area contributed by atoms with Gasteiger partial charge in [0.2, 0.25) is 0 Å². The molecule has 21 heavy (non-hydrogen) atoms. The van der Waals surface area contributed by atoms with Gasteiger partial charge in [0.25, 0.3) is 0 Å². The van der Waals surface area contributed by atoms with E-state index in [1.807, 2.05) is 13.0 Å². The van der Waals surface area contributed by atoms with Crippen LogP contribution in [0.15, 0.2) is 24.3 Å². The first kappa shape index (κ1) is 14.3. The average molecular weight is 305 g/mol. The third kappa shape index (κ3) is 3.16. The number of nitrogens with zero attached hydrogens (tertiary/aromatic N) is 3. The van der Waals surface area contributed by atoms with Gasteiger partial charge in [-0.2, -0.15) is 4.37 Å². The van der Waals surface area contributed by atoms with E-state index >= 15 is 0 Å². The Morgan fingerprint density at radius 2 is 2.05 bits per heavy atom. The molecule has 2 aromatic rings. The molecule has 6 heteroatoms. The second-order valence-electron chi connectivity index (χ2n) is 5.11. The monoisotopic (exact) mass is 305 g/mol. The van der Waals surface area contributed by atoms with Gasteiger partial charge < -0.3 is 9.64 Å². The summed E-state index contributed by atoms with van der Waals surface area (Å²) in [6, 6.07) is 8.34. The molecule has 1 aliphatic heterocycles. The lowest BCUT2D eigenvalue weighted by Gasteiger charge is -2.34. The summed E-state index contributed by atoms with van der Waals surface area (Å²) in [5.74, 6) is 0.948. The van der Waals surface area contributed by atoms with Crippen molar-refractivity contribution >= 4 is 33.4 Å². The maximum Gasteiger partial charge on any atom is 0.306 e. The molecule has 0 amide bonds. The Labute approximate surface area is 128 Å². The Kier molecular flexibility index (Phi) is 4.36. The number of ether oxygens (including phenoxy) is 1. The summed E-state index contributed by atoms with van der Waals surface area (Å²) in [6.07, 6.45) is 0.435. The molecule has 1 fully saturated rings. The van der Waals surface area contributed by atoms with Crippen molar-refractivity contribution in [2.45, 2.75) is 13.3 Å². The molecule has 0 radical (unpaired) electrons. The van der Waals surface area contributed by atoms with E-state index in [0.717, 1.165) is 32.0 Å². The van der Waals surface area contributed by atoms with Gasteiger partial charge in [-0.25, -0.2) is 0 Å². The molecule has 0 saturated carbocycles. The molecule has 0 bridgehead atoms. The van der Waals surface area contributed by atoms with Crippen LogP contribution >= 0.6 is 11.5 Å². The number of aromatic nitrogens is 1. The normalized spacial score (nSPS) is 16.3. The lowest BCUT2D eigenvalue weighted by Crippen LogP contribution is -2.47. The standard InChI is InChI=1S/C15H19N3O2S/c1-2-14(19)20-11-17-7-9-18(10-8-17)15-12-5-3-4-6-13(12)21-16-15/h3-6H,2,7-11H2,1H3. The molecular weight excluding hydrogens is 286 g/mol. The first-order valence-corrected chi connectivity index (χ1v) is 8.02. The molecule has 5 nitrogen and oxygen atoms in total. The summed E-state index contributed by atoms with van der Waals surface area (Å²) >= 11 is 1.55. The second kappa shape index (κ2) is 6.41. The van der Waals surface area contributed by atoms with E-state index in [1.165, 1.54) is 10.1 Å². The van der Waals surface area contributed by atoms with Gasteiger partial charge in [-0.05, 0) is 23.7 Å². The molecule has 1 aliphatic rings. The smallest absolute Gasteiger partial charge is 0.306 e. The summed E-state index contributed by atoms with van der Waals surface area (Å²) in [7, 11) is 0. The van der Waals surface area contributed by atoms with Gasteiger partial charge in [-0.15, -0.1) is 0 Å². The SMILES string of the molecule is CCC(=O)OCN1CCN(c2nsc3ccccc23)CC1. The molecule has 1 saturated heterocycles. The maximum atomic E-state index is 11.2. The highest BCUT2D eigenvalue weighted by molar-refractivity contribution is 7.13. The van der Waals surface area contributed by atoms with Gasteiger partial charge in [-0.1, -0.05) is 19.1 Å². The summed E-state index contributed by atoms with van der Waals surface area (Å²) in [4.78, 5) is 15.7. The molecule has 0 aliphatic carbocycles.